The lowest BCUT2D eigenvalue weighted by molar-refractivity contribution is 0.0636. The molecule has 2 aromatic rings. The maximum atomic E-state index is 11.9. The van der Waals surface area contributed by atoms with Gasteiger partial charge in [-0.2, -0.15) is 0 Å². The number of fused-ring (bicyclic) bond motifs is 1. The number of anilines is 1. The monoisotopic (exact) mass is 330 g/mol. The van der Waals surface area contributed by atoms with Gasteiger partial charge in [-0.3, -0.25) is 5.32 Å². The van der Waals surface area contributed by atoms with E-state index in [0.717, 1.165) is 29.8 Å². The number of hydrogen-bond acceptors (Lipinski definition) is 4. The van der Waals surface area contributed by atoms with E-state index in [9.17, 15) is 4.79 Å². The standard InChI is InChI=1S/C18H26N4O2/c1-18(2,3)24-17(23)20-14-6-7-15-16(12-14)22(13-19-15)11-10-21-8-4-5-9-21/h6-7,12-13H,4-5,8-11H2,1-3H3,(H,20,23). The van der Waals surface area contributed by atoms with Crippen molar-refractivity contribution in [2.45, 2.75) is 45.8 Å². The summed E-state index contributed by atoms with van der Waals surface area (Å²) in [6.45, 7) is 9.88. The number of carbonyl (C=O) groups excluding carboxylic acids is 1. The third-order valence-electron chi connectivity index (χ3n) is 4.12. The Morgan fingerprint density at radius 2 is 2.00 bits per heavy atom. The van der Waals surface area contributed by atoms with Gasteiger partial charge in [-0.05, 0) is 64.9 Å². The van der Waals surface area contributed by atoms with Crippen LogP contribution in [0.1, 0.15) is 33.6 Å². The van der Waals surface area contributed by atoms with Crippen molar-refractivity contribution in [1.29, 1.82) is 0 Å². The first-order chi connectivity index (χ1) is 11.4. The fourth-order valence-electron chi connectivity index (χ4n) is 2.99. The summed E-state index contributed by atoms with van der Waals surface area (Å²) < 4.78 is 7.45. The molecule has 1 aliphatic heterocycles. The van der Waals surface area contributed by atoms with Crippen molar-refractivity contribution < 1.29 is 9.53 Å². The van der Waals surface area contributed by atoms with E-state index in [2.05, 4.69) is 19.8 Å². The highest BCUT2D eigenvalue weighted by molar-refractivity contribution is 5.89. The first-order valence-electron chi connectivity index (χ1n) is 8.58. The van der Waals surface area contributed by atoms with Gasteiger partial charge in [-0.1, -0.05) is 0 Å². The largest absolute Gasteiger partial charge is 0.444 e. The highest BCUT2D eigenvalue weighted by Gasteiger charge is 2.17. The lowest BCUT2D eigenvalue weighted by Crippen LogP contribution is -2.27. The molecule has 1 aromatic carbocycles. The Morgan fingerprint density at radius 1 is 1.25 bits per heavy atom. The number of nitrogens with one attached hydrogen (secondary N) is 1. The fraction of sp³-hybridized carbons (Fsp3) is 0.556. The number of nitrogens with zero attached hydrogens (tertiary/aromatic N) is 3. The Labute approximate surface area is 142 Å². The second kappa shape index (κ2) is 6.81. The van der Waals surface area contributed by atoms with E-state index >= 15 is 0 Å². The molecule has 0 spiro atoms. The Morgan fingerprint density at radius 3 is 2.71 bits per heavy atom. The van der Waals surface area contributed by atoms with Crippen LogP contribution in [0.25, 0.3) is 11.0 Å². The van der Waals surface area contributed by atoms with Gasteiger partial charge in [-0.25, -0.2) is 9.78 Å². The maximum Gasteiger partial charge on any atom is 0.412 e. The van der Waals surface area contributed by atoms with Gasteiger partial charge in [0.25, 0.3) is 0 Å². The summed E-state index contributed by atoms with van der Waals surface area (Å²) in [4.78, 5) is 18.8. The topological polar surface area (TPSA) is 59.4 Å². The number of hydrogen-bond donors (Lipinski definition) is 1. The van der Waals surface area contributed by atoms with E-state index in [1.165, 1.54) is 25.9 Å². The van der Waals surface area contributed by atoms with E-state index in [1.807, 2.05) is 45.3 Å². The summed E-state index contributed by atoms with van der Waals surface area (Å²) >= 11 is 0. The van der Waals surface area contributed by atoms with E-state index in [-0.39, 0.29) is 0 Å². The molecule has 1 saturated heterocycles. The normalized spacial score (nSPS) is 15.8. The molecule has 0 aliphatic carbocycles. The summed E-state index contributed by atoms with van der Waals surface area (Å²) in [5.74, 6) is 0. The Bertz CT molecular complexity index is 711. The van der Waals surface area contributed by atoms with Crippen LogP contribution in [-0.4, -0.2) is 45.8 Å². The zero-order chi connectivity index (χ0) is 17.2. The van der Waals surface area contributed by atoms with Gasteiger partial charge in [0.2, 0.25) is 0 Å². The van der Waals surface area contributed by atoms with Crippen LogP contribution in [0.5, 0.6) is 0 Å². The second-order valence-corrected chi connectivity index (χ2v) is 7.32. The number of carbonyl (C=O) groups is 1. The molecule has 1 aromatic heterocycles. The smallest absolute Gasteiger partial charge is 0.412 e. The van der Waals surface area contributed by atoms with Crippen molar-refractivity contribution in [2.24, 2.45) is 0 Å². The number of imidazole rings is 1. The highest BCUT2D eigenvalue weighted by Crippen LogP contribution is 2.20. The molecule has 0 bridgehead atoms. The number of aromatic nitrogens is 2. The first-order valence-corrected chi connectivity index (χ1v) is 8.58. The van der Waals surface area contributed by atoms with Crippen LogP contribution in [0.4, 0.5) is 10.5 Å². The minimum atomic E-state index is -0.508. The predicted molar refractivity (Wildman–Crippen MR) is 95.3 cm³/mol. The molecule has 0 radical (unpaired) electrons. The van der Waals surface area contributed by atoms with Crippen LogP contribution in [-0.2, 0) is 11.3 Å². The van der Waals surface area contributed by atoms with Gasteiger partial charge in [0.05, 0.1) is 17.4 Å². The molecule has 6 heteroatoms. The second-order valence-electron chi connectivity index (χ2n) is 7.32. The van der Waals surface area contributed by atoms with Crippen molar-refractivity contribution in [1.82, 2.24) is 14.5 Å². The Balaban J connectivity index is 1.69. The molecule has 1 fully saturated rings. The third kappa shape index (κ3) is 4.26. The highest BCUT2D eigenvalue weighted by atomic mass is 16.6. The van der Waals surface area contributed by atoms with Crippen LogP contribution >= 0.6 is 0 Å². The van der Waals surface area contributed by atoms with Crippen molar-refractivity contribution in [3.05, 3.63) is 24.5 Å². The number of ether oxygens (including phenoxy) is 1. The number of amides is 1. The molecule has 1 N–H and O–H groups in total. The molecule has 24 heavy (non-hydrogen) atoms. The van der Waals surface area contributed by atoms with Gasteiger partial charge < -0.3 is 14.2 Å². The Hall–Kier alpha value is -2.08. The van der Waals surface area contributed by atoms with E-state index < -0.39 is 11.7 Å². The molecule has 3 rings (SSSR count). The molecule has 6 nitrogen and oxygen atoms in total. The van der Waals surface area contributed by atoms with Gasteiger partial charge >= 0.3 is 6.09 Å². The summed E-state index contributed by atoms with van der Waals surface area (Å²) in [5, 5.41) is 2.79. The zero-order valence-corrected chi connectivity index (χ0v) is 14.7. The lowest BCUT2D eigenvalue weighted by Gasteiger charge is -2.19. The van der Waals surface area contributed by atoms with Crippen molar-refractivity contribution >= 4 is 22.8 Å². The molecule has 0 atom stereocenters. The van der Waals surface area contributed by atoms with E-state index in [4.69, 9.17) is 4.74 Å². The van der Waals surface area contributed by atoms with Gasteiger partial charge in [-0.15, -0.1) is 0 Å². The van der Waals surface area contributed by atoms with Gasteiger partial charge in [0.15, 0.2) is 0 Å². The number of likely N-dealkylation sites (tertiary alicyclic amines) is 1. The van der Waals surface area contributed by atoms with E-state index in [1.54, 1.807) is 0 Å². The maximum absolute atomic E-state index is 11.9. The zero-order valence-electron chi connectivity index (χ0n) is 14.7. The fourth-order valence-corrected chi connectivity index (χ4v) is 2.99. The average Bonchev–Trinajstić information content (AvgIpc) is 3.11. The summed E-state index contributed by atoms with van der Waals surface area (Å²) in [6, 6.07) is 5.73. The van der Waals surface area contributed by atoms with Crippen molar-refractivity contribution in [3.8, 4) is 0 Å². The molecule has 2 heterocycles. The minimum Gasteiger partial charge on any atom is -0.444 e. The number of rotatable bonds is 4. The molecular formula is C18H26N4O2. The molecule has 1 amide bonds. The van der Waals surface area contributed by atoms with Crippen molar-refractivity contribution in [3.63, 3.8) is 0 Å². The predicted octanol–water partition coefficient (Wildman–Crippen LogP) is 3.48. The summed E-state index contributed by atoms with van der Waals surface area (Å²) in [7, 11) is 0. The third-order valence-corrected chi connectivity index (χ3v) is 4.12. The summed E-state index contributed by atoms with van der Waals surface area (Å²) in [6.07, 6.45) is 4.03. The molecular weight excluding hydrogens is 304 g/mol. The number of benzene rings is 1. The van der Waals surface area contributed by atoms with Gasteiger partial charge in [0, 0.05) is 18.8 Å². The van der Waals surface area contributed by atoms with Crippen LogP contribution < -0.4 is 5.32 Å². The van der Waals surface area contributed by atoms with Crippen molar-refractivity contribution in [2.75, 3.05) is 25.0 Å². The molecule has 0 saturated carbocycles. The van der Waals surface area contributed by atoms with Crippen LogP contribution in [0.2, 0.25) is 0 Å². The average molecular weight is 330 g/mol. The lowest BCUT2D eigenvalue weighted by atomic mass is 10.2. The molecule has 130 valence electrons. The summed E-state index contributed by atoms with van der Waals surface area (Å²) in [5.41, 5.74) is 2.18. The van der Waals surface area contributed by atoms with Gasteiger partial charge in [0.1, 0.15) is 5.60 Å². The quantitative estimate of drug-likeness (QED) is 0.932. The van der Waals surface area contributed by atoms with Crippen LogP contribution in [0, 0.1) is 0 Å². The first kappa shape index (κ1) is 16.8. The molecule has 0 unspecified atom stereocenters. The minimum absolute atomic E-state index is 0.440. The molecule has 1 aliphatic rings. The van der Waals surface area contributed by atoms with Crippen LogP contribution in [0.3, 0.4) is 0 Å². The van der Waals surface area contributed by atoms with Crippen LogP contribution in [0.15, 0.2) is 24.5 Å². The Kier molecular flexibility index (Phi) is 4.76. The van der Waals surface area contributed by atoms with E-state index in [0.29, 0.717) is 0 Å². The SMILES string of the molecule is CC(C)(C)OC(=O)Nc1ccc2ncn(CCN3CCCC3)c2c1.